The van der Waals surface area contributed by atoms with Gasteiger partial charge < -0.3 is 15.1 Å². The van der Waals surface area contributed by atoms with Crippen LogP contribution < -0.4 is 5.32 Å². The summed E-state index contributed by atoms with van der Waals surface area (Å²) in [6.07, 6.45) is 7.25. The number of carbonyl (C=O) groups excluding carboxylic acids is 1. The highest BCUT2D eigenvalue weighted by molar-refractivity contribution is 5.81. The predicted octanol–water partition coefficient (Wildman–Crippen LogP) is 1.85. The number of carbonyl (C=O) groups is 1. The van der Waals surface area contributed by atoms with E-state index in [1.54, 1.807) is 0 Å². The molecule has 2 unspecified atom stereocenters. The van der Waals surface area contributed by atoms with Crippen LogP contribution in [-0.2, 0) is 4.79 Å². The lowest BCUT2D eigenvalue weighted by atomic mass is 10.1. The molecule has 0 aliphatic carbocycles. The molecule has 4 nitrogen and oxygen atoms in total. The monoisotopic (exact) mass is 281 g/mol. The van der Waals surface area contributed by atoms with Crippen LogP contribution in [-0.4, -0.2) is 60.5 Å². The third-order valence-corrected chi connectivity index (χ3v) is 4.79. The third-order valence-electron chi connectivity index (χ3n) is 4.79. The fourth-order valence-electron chi connectivity index (χ4n) is 3.45. The predicted molar refractivity (Wildman–Crippen MR) is 82.8 cm³/mol. The normalized spacial score (nSPS) is 27.1. The second-order valence-corrected chi connectivity index (χ2v) is 6.34. The Morgan fingerprint density at radius 2 is 1.85 bits per heavy atom. The molecule has 2 heterocycles. The lowest BCUT2D eigenvalue weighted by molar-refractivity contribution is -0.134. The first kappa shape index (κ1) is 15.8. The summed E-state index contributed by atoms with van der Waals surface area (Å²) < 4.78 is 0. The number of likely N-dealkylation sites (tertiary alicyclic amines) is 2. The highest BCUT2D eigenvalue weighted by Crippen LogP contribution is 2.13. The second kappa shape index (κ2) is 7.99. The molecule has 1 N–H and O–H groups in total. The van der Waals surface area contributed by atoms with E-state index in [0.29, 0.717) is 11.9 Å². The molecular formula is C16H31N3O. The van der Waals surface area contributed by atoms with Crippen molar-refractivity contribution in [2.24, 2.45) is 0 Å². The highest BCUT2D eigenvalue weighted by atomic mass is 16.2. The minimum atomic E-state index is -0.0220. The third kappa shape index (κ3) is 4.45. The Labute approximate surface area is 123 Å². The van der Waals surface area contributed by atoms with Gasteiger partial charge in [-0.05, 0) is 65.1 Å². The standard InChI is InChI=1S/C16H31N3O/c1-3-18-10-7-8-15(9-13-18)17-14(2)16(20)19-11-5-4-6-12-19/h14-15,17H,3-13H2,1-2H3. The fourth-order valence-corrected chi connectivity index (χ4v) is 3.45. The molecule has 4 heteroatoms. The molecule has 2 saturated heterocycles. The molecule has 0 saturated carbocycles. The van der Waals surface area contributed by atoms with Gasteiger partial charge in [0.1, 0.15) is 0 Å². The molecule has 2 aliphatic rings. The van der Waals surface area contributed by atoms with Crippen LogP contribution in [0.3, 0.4) is 0 Å². The zero-order chi connectivity index (χ0) is 14.4. The maximum Gasteiger partial charge on any atom is 0.239 e. The van der Waals surface area contributed by atoms with Crippen molar-refractivity contribution in [2.75, 3.05) is 32.7 Å². The van der Waals surface area contributed by atoms with Crippen molar-refractivity contribution in [3.63, 3.8) is 0 Å². The summed E-state index contributed by atoms with van der Waals surface area (Å²) in [7, 11) is 0. The van der Waals surface area contributed by atoms with E-state index in [1.807, 2.05) is 6.92 Å². The van der Waals surface area contributed by atoms with E-state index >= 15 is 0 Å². The van der Waals surface area contributed by atoms with Crippen LogP contribution >= 0.6 is 0 Å². The first-order valence-electron chi connectivity index (χ1n) is 8.48. The molecule has 2 atom stereocenters. The van der Waals surface area contributed by atoms with E-state index in [1.165, 1.54) is 51.6 Å². The minimum absolute atomic E-state index is 0.0220. The number of piperidine rings is 1. The van der Waals surface area contributed by atoms with Crippen molar-refractivity contribution in [1.82, 2.24) is 15.1 Å². The zero-order valence-electron chi connectivity index (χ0n) is 13.2. The molecule has 0 spiro atoms. The van der Waals surface area contributed by atoms with Gasteiger partial charge in [-0.15, -0.1) is 0 Å². The van der Waals surface area contributed by atoms with E-state index in [-0.39, 0.29) is 6.04 Å². The molecule has 2 fully saturated rings. The number of hydrogen-bond acceptors (Lipinski definition) is 3. The number of nitrogens with zero attached hydrogens (tertiary/aromatic N) is 2. The zero-order valence-corrected chi connectivity index (χ0v) is 13.2. The summed E-state index contributed by atoms with van der Waals surface area (Å²) in [6.45, 7) is 9.71. The largest absolute Gasteiger partial charge is 0.341 e. The lowest BCUT2D eigenvalue weighted by Crippen LogP contribution is -2.49. The van der Waals surface area contributed by atoms with Crippen molar-refractivity contribution < 1.29 is 4.79 Å². The molecule has 1 amide bonds. The van der Waals surface area contributed by atoms with Gasteiger partial charge in [-0.1, -0.05) is 6.92 Å². The van der Waals surface area contributed by atoms with Gasteiger partial charge in [0.05, 0.1) is 6.04 Å². The Bertz CT molecular complexity index is 302. The summed E-state index contributed by atoms with van der Waals surface area (Å²) in [5, 5.41) is 3.58. The summed E-state index contributed by atoms with van der Waals surface area (Å²) in [4.78, 5) is 17.0. The van der Waals surface area contributed by atoms with Gasteiger partial charge in [-0.3, -0.25) is 4.79 Å². The van der Waals surface area contributed by atoms with E-state index in [2.05, 4.69) is 22.0 Å². The molecule has 116 valence electrons. The molecular weight excluding hydrogens is 250 g/mol. The Hall–Kier alpha value is -0.610. The number of hydrogen-bond donors (Lipinski definition) is 1. The lowest BCUT2D eigenvalue weighted by Gasteiger charge is -2.31. The van der Waals surface area contributed by atoms with Gasteiger partial charge in [0.25, 0.3) is 0 Å². The Kier molecular flexibility index (Phi) is 6.30. The fraction of sp³-hybridized carbons (Fsp3) is 0.938. The maximum absolute atomic E-state index is 12.4. The van der Waals surface area contributed by atoms with Gasteiger partial charge in [-0.25, -0.2) is 0 Å². The van der Waals surface area contributed by atoms with Gasteiger partial charge in [0.15, 0.2) is 0 Å². The van der Waals surface area contributed by atoms with Crippen LogP contribution in [0.5, 0.6) is 0 Å². The number of nitrogens with one attached hydrogen (secondary N) is 1. The number of rotatable bonds is 4. The van der Waals surface area contributed by atoms with Gasteiger partial charge in [0.2, 0.25) is 5.91 Å². The SMILES string of the molecule is CCN1CCCC(NC(C)C(=O)N2CCCCC2)CC1. The van der Waals surface area contributed by atoms with Crippen LogP contribution in [0.15, 0.2) is 0 Å². The molecule has 0 aromatic rings. The molecule has 2 rings (SSSR count). The van der Waals surface area contributed by atoms with Crippen molar-refractivity contribution >= 4 is 5.91 Å². The smallest absolute Gasteiger partial charge is 0.239 e. The molecule has 20 heavy (non-hydrogen) atoms. The first-order chi connectivity index (χ1) is 9.70. The maximum atomic E-state index is 12.4. The van der Waals surface area contributed by atoms with Gasteiger partial charge >= 0.3 is 0 Å². The quantitative estimate of drug-likeness (QED) is 0.854. The average Bonchev–Trinajstić information content (AvgIpc) is 2.72. The van der Waals surface area contributed by atoms with Crippen molar-refractivity contribution in [1.29, 1.82) is 0 Å². The highest BCUT2D eigenvalue weighted by Gasteiger charge is 2.25. The van der Waals surface area contributed by atoms with Crippen molar-refractivity contribution in [2.45, 2.75) is 64.5 Å². The molecule has 0 aromatic heterocycles. The summed E-state index contributed by atoms with van der Waals surface area (Å²) in [6, 6.07) is 0.488. The van der Waals surface area contributed by atoms with Crippen LogP contribution in [0.1, 0.15) is 52.4 Å². The topological polar surface area (TPSA) is 35.6 Å². The molecule has 0 aromatic carbocycles. The van der Waals surface area contributed by atoms with Gasteiger partial charge in [-0.2, -0.15) is 0 Å². The van der Waals surface area contributed by atoms with Crippen LogP contribution in [0, 0.1) is 0 Å². The van der Waals surface area contributed by atoms with E-state index in [9.17, 15) is 4.79 Å². The van der Waals surface area contributed by atoms with Crippen LogP contribution in [0.4, 0.5) is 0 Å². The summed E-state index contributed by atoms with van der Waals surface area (Å²) in [5.74, 6) is 0.307. The average molecular weight is 281 g/mol. The van der Waals surface area contributed by atoms with Crippen LogP contribution in [0.25, 0.3) is 0 Å². The Balaban J connectivity index is 1.78. The molecule has 0 bridgehead atoms. The summed E-state index contributed by atoms with van der Waals surface area (Å²) >= 11 is 0. The van der Waals surface area contributed by atoms with E-state index < -0.39 is 0 Å². The van der Waals surface area contributed by atoms with Crippen molar-refractivity contribution in [3.05, 3.63) is 0 Å². The summed E-state index contributed by atoms with van der Waals surface area (Å²) in [5.41, 5.74) is 0. The van der Waals surface area contributed by atoms with Crippen LogP contribution in [0.2, 0.25) is 0 Å². The van der Waals surface area contributed by atoms with Crippen molar-refractivity contribution in [3.8, 4) is 0 Å². The Morgan fingerprint density at radius 1 is 1.10 bits per heavy atom. The Morgan fingerprint density at radius 3 is 2.55 bits per heavy atom. The minimum Gasteiger partial charge on any atom is -0.341 e. The van der Waals surface area contributed by atoms with E-state index in [4.69, 9.17) is 0 Å². The first-order valence-corrected chi connectivity index (χ1v) is 8.48. The molecule has 0 radical (unpaired) electrons. The van der Waals surface area contributed by atoms with E-state index in [0.717, 1.165) is 19.6 Å². The second-order valence-electron chi connectivity index (χ2n) is 6.34. The molecule has 2 aliphatic heterocycles. The number of amides is 1. The van der Waals surface area contributed by atoms with Gasteiger partial charge in [0, 0.05) is 19.1 Å².